The maximum Gasteiger partial charge on any atom is 0.323 e. The van der Waals surface area contributed by atoms with Gasteiger partial charge in [-0.25, -0.2) is 9.78 Å². The van der Waals surface area contributed by atoms with Gasteiger partial charge < -0.3 is 19.9 Å². The maximum absolute atomic E-state index is 11.5. The largest absolute Gasteiger partial charge is 0.480 e. The maximum atomic E-state index is 11.5. The molecule has 2 N–H and O–H groups in total. The van der Waals surface area contributed by atoms with Gasteiger partial charge in [-0.2, -0.15) is 0 Å². The smallest absolute Gasteiger partial charge is 0.323 e. The summed E-state index contributed by atoms with van der Waals surface area (Å²) < 4.78 is 1.97. The van der Waals surface area contributed by atoms with Crippen LogP contribution in [0.1, 0.15) is 5.82 Å². The van der Waals surface area contributed by atoms with Gasteiger partial charge in [0.2, 0.25) is 0 Å². The zero-order valence-corrected chi connectivity index (χ0v) is 8.59. The lowest BCUT2D eigenvalue weighted by molar-refractivity contribution is -0.135. The van der Waals surface area contributed by atoms with Gasteiger partial charge in [-0.05, 0) is 0 Å². The molecule has 0 atom stereocenters. The van der Waals surface area contributed by atoms with Gasteiger partial charge in [0.15, 0.2) is 0 Å². The minimum Gasteiger partial charge on any atom is -0.480 e. The fraction of sp³-hybridized carbons (Fsp3) is 0.444. The van der Waals surface area contributed by atoms with Crippen LogP contribution in [0.15, 0.2) is 12.4 Å². The van der Waals surface area contributed by atoms with Gasteiger partial charge in [-0.1, -0.05) is 0 Å². The van der Waals surface area contributed by atoms with E-state index in [2.05, 4.69) is 10.3 Å². The normalized spacial score (nSPS) is 14.4. The quantitative estimate of drug-likeness (QED) is 0.708. The molecular weight excluding hydrogens is 212 g/mol. The van der Waals surface area contributed by atoms with Crippen molar-refractivity contribution < 1.29 is 14.7 Å². The number of amides is 2. The second kappa shape index (κ2) is 4.21. The van der Waals surface area contributed by atoms with Crippen LogP contribution in [0.5, 0.6) is 0 Å². The molecule has 0 aliphatic carbocycles. The van der Waals surface area contributed by atoms with E-state index in [-0.39, 0.29) is 12.6 Å². The molecule has 0 fully saturated rings. The third-order valence-electron chi connectivity index (χ3n) is 2.42. The van der Waals surface area contributed by atoms with Crippen molar-refractivity contribution in [1.82, 2.24) is 19.8 Å². The van der Waals surface area contributed by atoms with E-state index in [9.17, 15) is 9.59 Å². The highest BCUT2D eigenvalue weighted by Crippen LogP contribution is 2.09. The molecule has 0 bridgehead atoms. The lowest BCUT2D eigenvalue weighted by Gasteiger charge is -2.27. The lowest BCUT2D eigenvalue weighted by atomic mass is 10.4. The summed E-state index contributed by atoms with van der Waals surface area (Å²) in [6.07, 6.45) is 3.55. The summed E-state index contributed by atoms with van der Waals surface area (Å²) in [4.78, 5) is 27.5. The number of imidazole rings is 1. The molecule has 0 saturated carbocycles. The Morgan fingerprint density at radius 3 is 3.06 bits per heavy atom. The molecule has 16 heavy (non-hydrogen) atoms. The number of carbonyl (C=O) groups is 2. The van der Waals surface area contributed by atoms with E-state index in [1.165, 1.54) is 0 Å². The van der Waals surface area contributed by atoms with Gasteiger partial charge in [-0.3, -0.25) is 4.79 Å². The average molecular weight is 224 g/mol. The third-order valence-corrected chi connectivity index (χ3v) is 2.42. The second-order valence-electron chi connectivity index (χ2n) is 3.51. The molecule has 0 radical (unpaired) electrons. The Bertz CT molecular complexity index is 415. The molecule has 2 amide bonds. The van der Waals surface area contributed by atoms with Crippen LogP contribution in [0, 0.1) is 0 Å². The molecule has 1 aromatic heterocycles. The Labute approximate surface area is 91.7 Å². The van der Waals surface area contributed by atoms with Crippen LogP contribution in [-0.2, 0) is 17.9 Å². The van der Waals surface area contributed by atoms with Crippen molar-refractivity contribution in [2.24, 2.45) is 0 Å². The van der Waals surface area contributed by atoms with Crippen LogP contribution >= 0.6 is 0 Å². The molecule has 2 heterocycles. The summed E-state index contributed by atoms with van der Waals surface area (Å²) in [6, 6.07) is -0.364. The van der Waals surface area contributed by atoms with E-state index in [0.29, 0.717) is 19.6 Å². The first kappa shape index (κ1) is 10.5. The fourth-order valence-electron chi connectivity index (χ4n) is 1.61. The first-order chi connectivity index (χ1) is 7.66. The molecule has 1 aromatic rings. The summed E-state index contributed by atoms with van der Waals surface area (Å²) in [5, 5.41) is 10.8. The van der Waals surface area contributed by atoms with E-state index >= 15 is 0 Å². The lowest BCUT2D eigenvalue weighted by Crippen LogP contribution is -2.45. The zero-order chi connectivity index (χ0) is 11.5. The Morgan fingerprint density at radius 1 is 1.50 bits per heavy atom. The number of aliphatic carboxylic acids is 1. The monoisotopic (exact) mass is 224 g/mol. The standard InChI is InChI=1S/C9H12N4O3/c14-8(15)5-11-9(16)13-4-3-12-2-1-10-7(12)6-13/h1-2H,3-6H2,(H,11,16)(H,14,15). The van der Waals surface area contributed by atoms with Crippen molar-refractivity contribution in [2.45, 2.75) is 13.1 Å². The molecule has 86 valence electrons. The molecule has 2 rings (SSSR count). The van der Waals surface area contributed by atoms with Crippen molar-refractivity contribution in [2.75, 3.05) is 13.1 Å². The highest BCUT2D eigenvalue weighted by Gasteiger charge is 2.20. The summed E-state index contributed by atoms with van der Waals surface area (Å²) in [5.74, 6) is -0.233. The minimum atomic E-state index is -1.05. The Morgan fingerprint density at radius 2 is 2.31 bits per heavy atom. The van der Waals surface area contributed by atoms with Crippen LogP contribution in [0.4, 0.5) is 4.79 Å². The van der Waals surface area contributed by atoms with E-state index < -0.39 is 5.97 Å². The molecule has 1 aliphatic rings. The van der Waals surface area contributed by atoms with Crippen LogP contribution in [-0.4, -0.2) is 44.6 Å². The molecule has 0 unspecified atom stereocenters. The van der Waals surface area contributed by atoms with Gasteiger partial charge in [0.1, 0.15) is 12.4 Å². The van der Waals surface area contributed by atoms with Crippen molar-refractivity contribution in [3.8, 4) is 0 Å². The van der Waals surface area contributed by atoms with Gasteiger partial charge in [0, 0.05) is 25.5 Å². The van der Waals surface area contributed by atoms with Crippen LogP contribution in [0.25, 0.3) is 0 Å². The third kappa shape index (κ3) is 2.13. The van der Waals surface area contributed by atoms with E-state index in [1.807, 2.05) is 10.8 Å². The summed E-state index contributed by atoms with van der Waals surface area (Å²) in [7, 11) is 0. The molecule has 1 aliphatic heterocycles. The molecule has 7 heteroatoms. The number of hydrogen-bond acceptors (Lipinski definition) is 3. The molecule has 0 saturated heterocycles. The first-order valence-corrected chi connectivity index (χ1v) is 4.91. The van der Waals surface area contributed by atoms with Crippen LogP contribution < -0.4 is 5.32 Å². The molecular formula is C9H12N4O3. The van der Waals surface area contributed by atoms with E-state index in [1.54, 1.807) is 11.1 Å². The number of carboxylic acid groups (broad SMARTS) is 1. The fourth-order valence-corrected chi connectivity index (χ4v) is 1.61. The zero-order valence-electron chi connectivity index (χ0n) is 8.59. The molecule has 7 nitrogen and oxygen atoms in total. The van der Waals surface area contributed by atoms with Gasteiger partial charge in [0.05, 0.1) is 6.54 Å². The van der Waals surface area contributed by atoms with Crippen molar-refractivity contribution in [3.05, 3.63) is 18.2 Å². The van der Waals surface area contributed by atoms with Crippen LogP contribution in [0.3, 0.4) is 0 Å². The van der Waals surface area contributed by atoms with Crippen molar-refractivity contribution >= 4 is 12.0 Å². The Balaban J connectivity index is 1.93. The Kier molecular flexibility index (Phi) is 2.76. The predicted molar refractivity (Wildman–Crippen MR) is 53.7 cm³/mol. The number of nitrogens with one attached hydrogen (secondary N) is 1. The van der Waals surface area contributed by atoms with Gasteiger partial charge >= 0.3 is 12.0 Å². The number of carbonyl (C=O) groups excluding carboxylic acids is 1. The molecule has 0 aromatic carbocycles. The summed E-state index contributed by atoms with van der Waals surface area (Å²) in [6.45, 7) is 1.31. The average Bonchev–Trinajstić information content (AvgIpc) is 2.72. The minimum absolute atomic E-state index is 0.357. The molecule has 0 spiro atoms. The van der Waals surface area contributed by atoms with E-state index in [0.717, 1.165) is 5.82 Å². The number of urea groups is 1. The predicted octanol–water partition coefficient (Wildman–Crippen LogP) is -0.507. The number of nitrogens with zero attached hydrogens (tertiary/aromatic N) is 3. The SMILES string of the molecule is O=C(O)CNC(=O)N1CCn2ccnc2C1. The Hall–Kier alpha value is -2.05. The van der Waals surface area contributed by atoms with E-state index in [4.69, 9.17) is 5.11 Å². The first-order valence-electron chi connectivity index (χ1n) is 4.91. The van der Waals surface area contributed by atoms with Crippen LogP contribution in [0.2, 0.25) is 0 Å². The van der Waals surface area contributed by atoms with Crippen molar-refractivity contribution in [3.63, 3.8) is 0 Å². The van der Waals surface area contributed by atoms with Gasteiger partial charge in [0.25, 0.3) is 0 Å². The topological polar surface area (TPSA) is 87.5 Å². The number of rotatable bonds is 2. The highest BCUT2D eigenvalue weighted by molar-refractivity contribution is 5.79. The summed E-state index contributed by atoms with van der Waals surface area (Å²) in [5.41, 5.74) is 0. The summed E-state index contributed by atoms with van der Waals surface area (Å²) >= 11 is 0. The number of fused-ring (bicyclic) bond motifs is 1. The van der Waals surface area contributed by atoms with Crippen molar-refractivity contribution in [1.29, 1.82) is 0 Å². The number of aromatic nitrogens is 2. The number of carboxylic acids is 1. The van der Waals surface area contributed by atoms with Gasteiger partial charge in [-0.15, -0.1) is 0 Å². The number of hydrogen-bond donors (Lipinski definition) is 2. The highest BCUT2D eigenvalue weighted by atomic mass is 16.4. The second-order valence-corrected chi connectivity index (χ2v) is 3.51.